The molecule has 0 radical (unpaired) electrons. The van der Waals surface area contributed by atoms with Gasteiger partial charge in [0, 0.05) is 11.3 Å². The highest BCUT2D eigenvalue weighted by Crippen LogP contribution is 2.38. The first kappa shape index (κ1) is 12.9. The van der Waals surface area contributed by atoms with Crippen LogP contribution in [0.15, 0.2) is 9.98 Å². The fraction of sp³-hybridized carbons (Fsp3) is 0.818. The predicted octanol–water partition coefficient (Wildman–Crippen LogP) is 1.36. The van der Waals surface area contributed by atoms with E-state index >= 15 is 0 Å². The molecule has 1 aliphatic carbocycles. The highest BCUT2D eigenvalue weighted by molar-refractivity contribution is 7.99. The topological polar surface area (TPSA) is 80.0 Å². The van der Waals surface area contributed by atoms with E-state index in [1.807, 2.05) is 6.26 Å². The van der Waals surface area contributed by atoms with Crippen LogP contribution in [-0.4, -0.2) is 28.1 Å². The number of hydrogen-bond donors (Lipinski definition) is 2. The van der Waals surface area contributed by atoms with Crippen LogP contribution in [0.2, 0.25) is 0 Å². The van der Waals surface area contributed by atoms with Crippen molar-refractivity contribution in [2.45, 2.75) is 38.7 Å². The van der Waals surface area contributed by atoms with Gasteiger partial charge in [-0.2, -0.15) is 0 Å². The second-order valence-corrected chi connectivity index (χ2v) is 6.67. The molecule has 2 aliphatic rings. The van der Waals surface area contributed by atoms with E-state index in [-0.39, 0.29) is 5.41 Å². The molecule has 1 fully saturated rings. The van der Waals surface area contributed by atoms with Crippen molar-refractivity contribution in [3.63, 3.8) is 0 Å². The fourth-order valence-corrected chi connectivity index (χ4v) is 2.13. The van der Waals surface area contributed by atoms with E-state index in [1.54, 1.807) is 0 Å². The molecular formula is C11H21N5S. The van der Waals surface area contributed by atoms with Crippen molar-refractivity contribution in [2.24, 2.45) is 32.9 Å². The van der Waals surface area contributed by atoms with Gasteiger partial charge in [-0.15, -0.1) is 0 Å². The van der Waals surface area contributed by atoms with Gasteiger partial charge in [0.25, 0.3) is 5.12 Å². The molecule has 0 spiro atoms. The molecule has 0 aromatic rings. The number of hydrazine groups is 1. The maximum absolute atomic E-state index is 6.24. The molecule has 1 saturated carbocycles. The lowest BCUT2D eigenvalue weighted by atomic mass is 9.95. The van der Waals surface area contributed by atoms with Gasteiger partial charge in [-0.1, -0.05) is 32.5 Å². The third kappa shape index (κ3) is 2.34. The van der Waals surface area contributed by atoms with Crippen molar-refractivity contribution in [2.75, 3.05) is 6.26 Å². The summed E-state index contributed by atoms with van der Waals surface area (Å²) in [7, 11) is 0. The molecule has 17 heavy (non-hydrogen) atoms. The smallest absolute Gasteiger partial charge is 0.250 e. The predicted molar refractivity (Wildman–Crippen MR) is 73.5 cm³/mol. The minimum absolute atomic E-state index is 0.109. The summed E-state index contributed by atoms with van der Waals surface area (Å²) in [6.45, 7) is 6.27. The first-order chi connectivity index (χ1) is 7.78. The van der Waals surface area contributed by atoms with Crippen LogP contribution >= 0.6 is 11.8 Å². The summed E-state index contributed by atoms with van der Waals surface area (Å²) in [5, 5.41) is 0.618. The van der Waals surface area contributed by atoms with Crippen molar-refractivity contribution < 1.29 is 0 Å². The minimum atomic E-state index is -0.914. The van der Waals surface area contributed by atoms with Crippen molar-refractivity contribution in [1.29, 1.82) is 0 Å². The van der Waals surface area contributed by atoms with Gasteiger partial charge in [-0.25, -0.2) is 20.8 Å². The van der Waals surface area contributed by atoms with Gasteiger partial charge >= 0.3 is 0 Å². The Bertz CT molecular complexity index is 380. The molecule has 1 aliphatic heterocycles. The Kier molecular flexibility index (Phi) is 3.00. The standard InChI is InChI=1S/C11H21N5S/c1-10(2,3)9-14-8(7-5-6-7)16(13)11(12,15-9)17-4/h7H,5-6,12-13H2,1-4H3. The number of aliphatic imine (C=N–C) groups is 2. The summed E-state index contributed by atoms with van der Waals surface area (Å²) >= 11 is 1.44. The summed E-state index contributed by atoms with van der Waals surface area (Å²) in [5.74, 6) is 8.21. The fourth-order valence-electron chi connectivity index (χ4n) is 1.67. The molecule has 0 saturated heterocycles. The van der Waals surface area contributed by atoms with Crippen molar-refractivity contribution in [3.05, 3.63) is 0 Å². The summed E-state index contributed by atoms with van der Waals surface area (Å²) in [6, 6.07) is 0. The van der Waals surface area contributed by atoms with Crippen molar-refractivity contribution in [1.82, 2.24) is 5.01 Å². The van der Waals surface area contributed by atoms with E-state index < -0.39 is 5.12 Å². The quantitative estimate of drug-likeness (QED) is 0.577. The van der Waals surface area contributed by atoms with E-state index in [2.05, 4.69) is 30.8 Å². The number of rotatable bonds is 2. The van der Waals surface area contributed by atoms with Crippen LogP contribution in [0.3, 0.4) is 0 Å². The van der Waals surface area contributed by atoms with Crippen LogP contribution in [0.5, 0.6) is 0 Å². The molecule has 1 unspecified atom stereocenters. The molecule has 5 nitrogen and oxygen atoms in total. The average molecular weight is 255 g/mol. The Morgan fingerprint density at radius 3 is 2.41 bits per heavy atom. The molecule has 4 N–H and O–H groups in total. The molecule has 0 aromatic heterocycles. The third-order valence-corrected chi connectivity index (χ3v) is 3.88. The summed E-state index contributed by atoms with van der Waals surface area (Å²) in [4.78, 5) is 9.13. The molecule has 96 valence electrons. The SMILES string of the molecule is CSC1(N)N=C(C(C)(C)C)N=C(C2CC2)N1N. The maximum Gasteiger partial charge on any atom is 0.250 e. The third-order valence-electron chi connectivity index (χ3n) is 2.99. The molecule has 2 rings (SSSR count). The van der Waals surface area contributed by atoms with Crippen LogP contribution in [-0.2, 0) is 0 Å². The van der Waals surface area contributed by atoms with Crippen LogP contribution in [0.1, 0.15) is 33.6 Å². The highest BCUT2D eigenvalue weighted by Gasteiger charge is 2.43. The van der Waals surface area contributed by atoms with E-state index in [0.29, 0.717) is 5.92 Å². The van der Waals surface area contributed by atoms with Gasteiger partial charge < -0.3 is 0 Å². The zero-order valence-corrected chi connectivity index (χ0v) is 11.7. The lowest BCUT2D eigenvalue weighted by molar-refractivity contribution is 0.283. The zero-order chi connectivity index (χ0) is 12.8. The Balaban J connectivity index is 2.41. The van der Waals surface area contributed by atoms with Gasteiger partial charge in [0.05, 0.1) is 0 Å². The highest BCUT2D eigenvalue weighted by atomic mass is 32.2. The van der Waals surface area contributed by atoms with Gasteiger partial charge in [0.15, 0.2) is 0 Å². The van der Waals surface area contributed by atoms with Gasteiger partial charge in [-0.05, 0) is 19.1 Å². The number of thioether (sulfide) groups is 1. The van der Waals surface area contributed by atoms with E-state index in [4.69, 9.17) is 11.6 Å². The van der Waals surface area contributed by atoms with Crippen LogP contribution < -0.4 is 11.6 Å². The second kappa shape index (κ2) is 3.96. The summed E-state index contributed by atoms with van der Waals surface area (Å²) in [5.41, 5.74) is 6.13. The number of nitrogens with zero attached hydrogens (tertiary/aromatic N) is 3. The Labute approximate surface area is 107 Å². The number of hydrogen-bond acceptors (Lipinski definition) is 6. The van der Waals surface area contributed by atoms with Crippen LogP contribution in [0.4, 0.5) is 0 Å². The van der Waals surface area contributed by atoms with Crippen LogP contribution in [0.25, 0.3) is 0 Å². The van der Waals surface area contributed by atoms with Crippen molar-refractivity contribution in [3.8, 4) is 0 Å². The average Bonchev–Trinajstić information content (AvgIpc) is 3.04. The van der Waals surface area contributed by atoms with E-state index in [1.165, 1.54) is 16.8 Å². The second-order valence-electron chi connectivity index (χ2n) is 5.66. The first-order valence-corrected chi connectivity index (χ1v) is 7.08. The molecule has 1 heterocycles. The normalized spacial score (nSPS) is 30.1. The largest absolute Gasteiger partial charge is 0.279 e. The van der Waals surface area contributed by atoms with E-state index in [9.17, 15) is 0 Å². The summed E-state index contributed by atoms with van der Waals surface area (Å²) in [6.07, 6.45) is 4.21. The maximum atomic E-state index is 6.24. The molecule has 0 amide bonds. The van der Waals surface area contributed by atoms with Gasteiger partial charge in [0.2, 0.25) is 0 Å². The molecule has 1 atom stereocenters. The first-order valence-electron chi connectivity index (χ1n) is 5.86. The summed E-state index contributed by atoms with van der Waals surface area (Å²) < 4.78 is 0. The number of amidine groups is 2. The zero-order valence-electron chi connectivity index (χ0n) is 10.9. The molecule has 0 bridgehead atoms. The molecule has 6 heteroatoms. The molecular weight excluding hydrogens is 234 g/mol. The lowest BCUT2D eigenvalue weighted by Gasteiger charge is -2.39. The van der Waals surface area contributed by atoms with Crippen molar-refractivity contribution >= 4 is 23.4 Å². The van der Waals surface area contributed by atoms with E-state index in [0.717, 1.165) is 24.5 Å². The molecule has 0 aromatic carbocycles. The van der Waals surface area contributed by atoms with Crippen LogP contribution in [0, 0.1) is 11.3 Å². The number of nitrogens with two attached hydrogens (primary N) is 2. The Hall–Kier alpha value is -0.590. The van der Waals surface area contributed by atoms with Gasteiger partial charge in [0.1, 0.15) is 11.7 Å². The monoisotopic (exact) mass is 255 g/mol. The Morgan fingerprint density at radius 2 is 2.00 bits per heavy atom. The minimum Gasteiger partial charge on any atom is -0.279 e. The lowest BCUT2D eigenvalue weighted by Crippen LogP contribution is -2.61. The van der Waals surface area contributed by atoms with Gasteiger partial charge in [-0.3, -0.25) is 5.73 Å². The Morgan fingerprint density at radius 1 is 1.41 bits per heavy atom.